The van der Waals surface area contributed by atoms with E-state index in [0.29, 0.717) is 12.0 Å². The molecule has 0 aliphatic carbocycles. The number of likely N-dealkylation sites (tertiary alicyclic amines) is 1. The summed E-state index contributed by atoms with van der Waals surface area (Å²) in [5.41, 5.74) is 8.41. The van der Waals surface area contributed by atoms with Crippen molar-refractivity contribution < 1.29 is 4.74 Å². The summed E-state index contributed by atoms with van der Waals surface area (Å²) in [6.07, 6.45) is 2.52. The molecule has 2 unspecified atom stereocenters. The van der Waals surface area contributed by atoms with Crippen LogP contribution in [0.5, 0.6) is 5.75 Å². The van der Waals surface area contributed by atoms with E-state index in [1.807, 2.05) is 0 Å². The second-order valence-corrected chi connectivity index (χ2v) is 5.66. The van der Waals surface area contributed by atoms with Crippen molar-refractivity contribution in [3.8, 4) is 5.75 Å². The van der Waals surface area contributed by atoms with E-state index in [4.69, 9.17) is 10.5 Å². The number of hydrogen-bond acceptors (Lipinski definition) is 3. The summed E-state index contributed by atoms with van der Waals surface area (Å²) < 4.78 is 5.51. The largest absolute Gasteiger partial charge is 0.496 e. The lowest BCUT2D eigenvalue weighted by Crippen LogP contribution is -2.39. The van der Waals surface area contributed by atoms with Crippen LogP contribution < -0.4 is 10.5 Å². The monoisotopic (exact) mass is 262 g/mol. The predicted molar refractivity (Wildman–Crippen MR) is 79.5 cm³/mol. The van der Waals surface area contributed by atoms with Gasteiger partial charge < -0.3 is 10.5 Å². The van der Waals surface area contributed by atoms with Gasteiger partial charge in [0, 0.05) is 18.2 Å². The minimum Gasteiger partial charge on any atom is -0.496 e. The van der Waals surface area contributed by atoms with E-state index in [1.54, 1.807) is 7.11 Å². The molecule has 2 rings (SSSR count). The van der Waals surface area contributed by atoms with E-state index in [0.717, 1.165) is 25.4 Å². The predicted octanol–water partition coefficient (Wildman–Crippen LogP) is 2.74. The summed E-state index contributed by atoms with van der Waals surface area (Å²) >= 11 is 0. The number of hydrogen-bond donors (Lipinski definition) is 1. The fourth-order valence-corrected chi connectivity index (χ4v) is 3.02. The van der Waals surface area contributed by atoms with E-state index in [1.165, 1.54) is 24.0 Å². The Bertz CT molecular complexity index is 419. The standard InChI is InChI=1S/C16H26N2O/c1-12-6-7-16(19-3)15(9-12)13(2)18-8-4-5-14(10-17)11-18/h6-7,9,13-14H,4-5,8,10-11,17H2,1-3H3. The molecule has 1 saturated heterocycles. The Hall–Kier alpha value is -1.06. The number of ether oxygens (including phenoxy) is 1. The molecule has 1 aliphatic heterocycles. The first-order valence-corrected chi connectivity index (χ1v) is 7.24. The molecule has 1 heterocycles. The topological polar surface area (TPSA) is 38.5 Å². The third kappa shape index (κ3) is 3.28. The van der Waals surface area contributed by atoms with Gasteiger partial charge in [0.25, 0.3) is 0 Å². The molecule has 0 saturated carbocycles. The Kier molecular flexibility index (Phi) is 4.83. The normalized spacial score (nSPS) is 22.2. The molecule has 19 heavy (non-hydrogen) atoms. The van der Waals surface area contributed by atoms with Crippen LogP contribution in [0, 0.1) is 12.8 Å². The lowest BCUT2D eigenvalue weighted by Gasteiger charge is -2.37. The Morgan fingerprint density at radius 3 is 2.95 bits per heavy atom. The maximum absolute atomic E-state index is 5.83. The lowest BCUT2D eigenvalue weighted by molar-refractivity contribution is 0.133. The molecule has 3 heteroatoms. The van der Waals surface area contributed by atoms with E-state index in [9.17, 15) is 0 Å². The first-order valence-electron chi connectivity index (χ1n) is 7.24. The molecule has 1 aromatic carbocycles. The van der Waals surface area contributed by atoms with Crippen LogP contribution in [0.25, 0.3) is 0 Å². The number of nitrogens with two attached hydrogens (primary N) is 1. The van der Waals surface area contributed by atoms with Gasteiger partial charge in [-0.25, -0.2) is 0 Å². The summed E-state index contributed by atoms with van der Waals surface area (Å²) in [6.45, 7) is 7.47. The minimum absolute atomic E-state index is 0.393. The van der Waals surface area contributed by atoms with Gasteiger partial charge in [-0.05, 0) is 51.8 Å². The van der Waals surface area contributed by atoms with Gasteiger partial charge in [-0.15, -0.1) is 0 Å². The Balaban J connectivity index is 2.18. The summed E-state index contributed by atoms with van der Waals surface area (Å²) in [5.74, 6) is 1.64. The van der Waals surface area contributed by atoms with Crippen LogP contribution in [0.4, 0.5) is 0 Å². The maximum atomic E-state index is 5.83. The molecule has 0 aromatic heterocycles. The van der Waals surface area contributed by atoms with Gasteiger partial charge in [0.15, 0.2) is 0 Å². The highest BCUT2D eigenvalue weighted by Gasteiger charge is 2.25. The lowest BCUT2D eigenvalue weighted by atomic mass is 9.94. The number of aryl methyl sites for hydroxylation is 1. The SMILES string of the molecule is COc1ccc(C)cc1C(C)N1CCCC(CN)C1. The van der Waals surface area contributed by atoms with Crippen molar-refractivity contribution >= 4 is 0 Å². The van der Waals surface area contributed by atoms with E-state index in [2.05, 4.69) is 36.9 Å². The van der Waals surface area contributed by atoms with Crippen LogP contribution in [0.1, 0.15) is 36.9 Å². The van der Waals surface area contributed by atoms with Gasteiger partial charge >= 0.3 is 0 Å². The fraction of sp³-hybridized carbons (Fsp3) is 0.625. The number of rotatable bonds is 4. The first kappa shape index (κ1) is 14.4. The fourth-order valence-electron chi connectivity index (χ4n) is 3.02. The second-order valence-electron chi connectivity index (χ2n) is 5.66. The highest BCUT2D eigenvalue weighted by Crippen LogP contribution is 2.32. The van der Waals surface area contributed by atoms with E-state index in [-0.39, 0.29) is 0 Å². The summed E-state index contributed by atoms with van der Waals surface area (Å²) in [6, 6.07) is 6.82. The van der Waals surface area contributed by atoms with Gasteiger partial charge in [0.2, 0.25) is 0 Å². The van der Waals surface area contributed by atoms with Crippen LogP contribution in [-0.4, -0.2) is 31.6 Å². The van der Waals surface area contributed by atoms with Crippen molar-refractivity contribution in [2.75, 3.05) is 26.7 Å². The molecule has 0 spiro atoms. The Morgan fingerprint density at radius 1 is 1.47 bits per heavy atom. The molecule has 0 radical (unpaired) electrons. The molecule has 1 aliphatic rings. The third-order valence-electron chi connectivity index (χ3n) is 4.27. The zero-order chi connectivity index (χ0) is 13.8. The number of benzene rings is 1. The van der Waals surface area contributed by atoms with Gasteiger partial charge in [-0.1, -0.05) is 17.7 Å². The zero-order valence-electron chi connectivity index (χ0n) is 12.4. The van der Waals surface area contributed by atoms with Crippen LogP contribution in [0.15, 0.2) is 18.2 Å². The van der Waals surface area contributed by atoms with Crippen molar-refractivity contribution in [2.45, 2.75) is 32.7 Å². The van der Waals surface area contributed by atoms with Crippen molar-refractivity contribution in [1.82, 2.24) is 4.90 Å². The van der Waals surface area contributed by atoms with Gasteiger partial charge in [0.1, 0.15) is 5.75 Å². The molecular weight excluding hydrogens is 236 g/mol. The van der Waals surface area contributed by atoms with Crippen molar-refractivity contribution in [3.63, 3.8) is 0 Å². The number of methoxy groups -OCH3 is 1. The summed E-state index contributed by atoms with van der Waals surface area (Å²) in [7, 11) is 1.75. The third-order valence-corrected chi connectivity index (χ3v) is 4.27. The van der Waals surface area contributed by atoms with Crippen molar-refractivity contribution in [2.24, 2.45) is 11.7 Å². The molecule has 1 fully saturated rings. The maximum Gasteiger partial charge on any atom is 0.123 e. The number of piperidine rings is 1. The average Bonchev–Trinajstić information content (AvgIpc) is 2.46. The molecule has 2 N–H and O–H groups in total. The Labute approximate surface area is 116 Å². The number of nitrogens with zero attached hydrogens (tertiary/aromatic N) is 1. The van der Waals surface area contributed by atoms with Crippen LogP contribution in [-0.2, 0) is 0 Å². The molecule has 3 nitrogen and oxygen atoms in total. The van der Waals surface area contributed by atoms with Gasteiger partial charge in [-0.3, -0.25) is 4.90 Å². The van der Waals surface area contributed by atoms with Crippen LogP contribution in [0.3, 0.4) is 0 Å². The average molecular weight is 262 g/mol. The molecule has 2 atom stereocenters. The van der Waals surface area contributed by atoms with E-state index < -0.39 is 0 Å². The van der Waals surface area contributed by atoms with Gasteiger partial charge in [0.05, 0.1) is 7.11 Å². The summed E-state index contributed by atoms with van der Waals surface area (Å²) in [5, 5.41) is 0. The minimum atomic E-state index is 0.393. The Morgan fingerprint density at radius 2 is 2.26 bits per heavy atom. The highest BCUT2D eigenvalue weighted by molar-refractivity contribution is 5.39. The van der Waals surface area contributed by atoms with Crippen molar-refractivity contribution in [1.29, 1.82) is 0 Å². The molecule has 0 amide bonds. The van der Waals surface area contributed by atoms with Gasteiger partial charge in [-0.2, -0.15) is 0 Å². The van der Waals surface area contributed by atoms with E-state index >= 15 is 0 Å². The smallest absolute Gasteiger partial charge is 0.123 e. The van der Waals surface area contributed by atoms with Crippen LogP contribution >= 0.6 is 0 Å². The molecule has 0 bridgehead atoms. The van der Waals surface area contributed by atoms with Crippen molar-refractivity contribution in [3.05, 3.63) is 29.3 Å². The first-order chi connectivity index (χ1) is 9.15. The molecule has 106 valence electrons. The van der Waals surface area contributed by atoms with Crippen LogP contribution in [0.2, 0.25) is 0 Å². The highest BCUT2D eigenvalue weighted by atomic mass is 16.5. The quantitative estimate of drug-likeness (QED) is 0.906. The zero-order valence-corrected chi connectivity index (χ0v) is 12.4. The molecule has 1 aromatic rings. The molecular formula is C16H26N2O. The second kappa shape index (κ2) is 6.40. The summed E-state index contributed by atoms with van der Waals surface area (Å²) in [4.78, 5) is 2.54.